The Kier molecular flexibility index (Phi) is 30.6. The van der Waals surface area contributed by atoms with Crippen molar-refractivity contribution >= 4 is 144 Å². The molecular weight excluding hydrogens is 1980 g/mol. The zero-order valence-corrected chi connectivity index (χ0v) is 86.6. The summed E-state index contributed by atoms with van der Waals surface area (Å²) < 4.78 is 132. The molecule has 43 nitrogen and oxygen atoms in total. The van der Waals surface area contributed by atoms with Crippen molar-refractivity contribution in [3.8, 4) is 47.3 Å². The van der Waals surface area contributed by atoms with Crippen molar-refractivity contribution in [2.75, 3.05) is 97.4 Å². The fourth-order valence-corrected chi connectivity index (χ4v) is 20.2. The molecule has 9 aromatic heterocycles. The Morgan fingerprint density at radius 3 is 1.13 bits per heavy atom. The number of benzene rings is 3. The maximum absolute atomic E-state index is 15.1. The molecule has 6 aliphatic carbocycles. The summed E-state index contributed by atoms with van der Waals surface area (Å²) in [6.07, 6.45) is 17.5. The lowest BCUT2D eigenvalue weighted by Gasteiger charge is -2.60. The molecule has 9 fully saturated rings. The van der Waals surface area contributed by atoms with Gasteiger partial charge in [-0.15, -0.1) is 0 Å². The molecule has 0 bridgehead atoms. The van der Waals surface area contributed by atoms with Crippen LogP contribution in [0, 0.1) is 39.6 Å². The zero-order valence-electron chi connectivity index (χ0n) is 85.0. The summed E-state index contributed by atoms with van der Waals surface area (Å²) in [6.45, 7) is 28.8. The number of anilines is 5. The number of sulfone groups is 1. The number of carbonyl (C=O) groups is 4. The molecule has 4 atom stereocenters. The van der Waals surface area contributed by atoms with Crippen molar-refractivity contribution in [3.05, 3.63) is 91.0 Å². The topological polar surface area (TPSA) is 552 Å². The van der Waals surface area contributed by atoms with Gasteiger partial charge in [0.1, 0.15) is 91.8 Å². The third-order valence-corrected chi connectivity index (χ3v) is 29.2. The number of H-pyrrole nitrogens is 3. The van der Waals surface area contributed by atoms with Crippen LogP contribution in [-0.4, -0.2) is 282 Å². The van der Waals surface area contributed by atoms with Gasteiger partial charge in [0, 0.05) is 165 Å². The van der Waals surface area contributed by atoms with Gasteiger partial charge in [-0.25, -0.2) is 50.7 Å². The van der Waals surface area contributed by atoms with E-state index >= 15 is 8.78 Å². The van der Waals surface area contributed by atoms with E-state index in [1.54, 1.807) is 69.4 Å². The summed E-state index contributed by atoms with van der Waals surface area (Å²) in [5, 5.41) is 45.1. The minimum Gasteiger partial charge on any atom is -0.505 e. The number of aliphatic hydroxyl groups is 3. The molecule has 4 amide bonds. The minimum absolute atomic E-state index is 0. The van der Waals surface area contributed by atoms with Crippen LogP contribution in [0.4, 0.5) is 61.0 Å². The van der Waals surface area contributed by atoms with Crippen LogP contribution in [0.25, 0.3) is 65.8 Å². The van der Waals surface area contributed by atoms with E-state index in [0.29, 0.717) is 147 Å². The fourth-order valence-electron chi connectivity index (χ4n) is 18.7. The number of aliphatic hydroxyl groups excluding tert-OH is 3. The van der Waals surface area contributed by atoms with E-state index in [4.69, 9.17) is 68.5 Å². The highest BCUT2D eigenvalue weighted by atomic mass is 32.2. The van der Waals surface area contributed by atoms with E-state index in [9.17, 15) is 46.4 Å². The minimum atomic E-state index is -3.84. The monoisotopic (exact) mass is 2110 g/mol. The van der Waals surface area contributed by atoms with Crippen molar-refractivity contribution in [1.29, 1.82) is 0 Å². The summed E-state index contributed by atoms with van der Waals surface area (Å²) >= 11 is 0. The number of aromatic hydroxyl groups is 1. The van der Waals surface area contributed by atoms with Gasteiger partial charge in [0.15, 0.2) is 17.2 Å². The lowest BCUT2D eigenvalue weighted by Crippen LogP contribution is -2.69. The Labute approximate surface area is 859 Å². The van der Waals surface area contributed by atoms with Crippen LogP contribution in [0.1, 0.15) is 182 Å². The highest BCUT2D eigenvalue weighted by Gasteiger charge is 2.56. The van der Waals surface area contributed by atoms with E-state index in [1.165, 1.54) is 117 Å². The molecule has 12 heterocycles. The second-order valence-electron chi connectivity index (χ2n) is 43.6. The van der Waals surface area contributed by atoms with Gasteiger partial charge in [0.25, 0.3) is 0 Å². The van der Waals surface area contributed by atoms with Crippen molar-refractivity contribution in [1.82, 2.24) is 85.4 Å². The van der Waals surface area contributed by atoms with E-state index in [1.807, 2.05) is 20.8 Å². The summed E-state index contributed by atoms with van der Waals surface area (Å²) in [5.74, 6) is 4.35. The first kappa shape index (κ1) is 110. The number of hydrogen-bond acceptors (Lipinski definition) is 36. The predicted octanol–water partition coefficient (Wildman–Crippen LogP) is 14.7. The number of halogens is 3. The first-order valence-corrected chi connectivity index (χ1v) is 52.4. The Morgan fingerprint density at radius 2 is 0.832 bits per heavy atom. The van der Waals surface area contributed by atoms with E-state index in [0.717, 1.165) is 62.7 Å². The number of alkyl carbamates (subject to hydrolysis) is 1. The Morgan fingerprint density at radius 1 is 0.483 bits per heavy atom. The maximum Gasteiger partial charge on any atom is 0.414 e. The molecule has 9 aliphatic rings. The van der Waals surface area contributed by atoms with Gasteiger partial charge >= 0.3 is 54.4 Å². The lowest BCUT2D eigenvalue weighted by molar-refractivity contribution is -0.0156. The molecule has 0 radical (unpaired) electrons. The van der Waals surface area contributed by atoms with Gasteiger partial charge in [-0.1, -0.05) is 21.8 Å². The smallest absolute Gasteiger partial charge is 0.414 e. The van der Waals surface area contributed by atoms with E-state index in [2.05, 4.69) is 98.0 Å². The van der Waals surface area contributed by atoms with E-state index in [-0.39, 0.29) is 143 Å². The average Bonchev–Trinajstić information content (AvgIpc) is 1.64. The largest absolute Gasteiger partial charge is 0.505 e. The standard InChI is InChI=1S/C31H36FN7O5.C30H35FN8O5.C19H23FN4O5S2.C11H20N2O2.C8H10N2O3.2CH4/c1-16-6-7-31(16)14-39(15-31)26-23-21-8-17(32)9-22(38(5)29(41)44-30(2,3)4)24(21)35-25(23)36-28(37-26)43-20-12-33-27(34-13-20)42-19-10-18(40)11-19;1-29(2,3)44-28(41)38(4)20-8-15(31)7-19-22-24(35-23(19)20)36-27(37-25(22)39-13-30(14-39)6-5-21(30)32)43-18-11-33-26(34-12-18)42-17-9-16(40)10-17;1-19(2,3)29-18(25)24(4)12-9-10(20)8-11-13-15(21-14(11)12)22-17(31(7,27)28)23-16(13)30(5,6)26;1-10(2,3)15-9(14)13-8-4-5-11(8)6-12-7-11;11-5-1-7(2-5)13-8-9-3-6(12)4-10-8;;/h8-9,12-13,16,18-19,40H,6-7,10-11,14-15H2,1-5H3,(H,35,36,37);7-8,11-12,16-17,21,40H,5-6,9-10,13-14,32H2,1-4H3,(H,35,36,37);8-9H,5H2,1-4,6-7H3,(H,21,22,23);8,12H,4-7H2,1-3H3,(H,13,14);3-5,7,11-12H,1-2H2;2*1H4/t16-,18?,19?;16?,17?,21-;;8-;;;/m11.1.../s1. The number of nitrogens with two attached hydrogens (primary N) is 1. The molecule has 21 rings (SSSR count). The number of carbonyl (C=O) groups excluding carboxylic acids is 4. The molecule has 3 aliphatic heterocycles. The molecule has 48 heteroatoms. The fraction of sp³-hybridized carbons (Fsp3) is 0.535. The van der Waals surface area contributed by atoms with Crippen LogP contribution in [-0.2, 0) is 38.3 Å². The van der Waals surface area contributed by atoms with Gasteiger partial charge < -0.3 is 104 Å². The SMILES string of the molecule is C.C.C=S(C)(=O)c1nc(S(C)(=O)=O)nc2[nH]c3c(N(C)C(=O)OC(C)(C)C)cc(F)cc3c12.CC(C)(C)OC(=O)N[C@@H]1CCC12CNC2.CN(C(=O)OC(C)(C)C)c1cc(F)cc2c1[nH]c1nc(Oc3cnc(OC4CC(O)C4)nc3)nc(N3CC4(CC[C@H]4N)C3)c12.C[C@@H]1CCC12CN(c1nc(Oc3cnc(OC4CC(O)C4)nc3)nc3[nH]c4c(N(C)C(=O)OC(C)(C)C)cc(F)cc4c13)C2.Oc1cnc(OC2CC(O)C2)nc1. The molecule has 3 saturated heterocycles. The molecule has 149 heavy (non-hydrogen) atoms. The number of hydrogen-bond donors (Lipinski definition) is 10. The molecular formula is C101H132F3N23O20S2. The number of fused-ring (bicyclic) bond motifs is 9. The molecule has 6 saturated carbocycles. The average molecular weight is 2110 g/mol. The molecule has 3 aromatic carbocycles. The zero-order chi connectivity index (χ0) is 106. The van der Waals surface area contributed by atoms with E-state index < -0.39 is 82.7 Å². The summed E-state index contributed by atoms with van der Waals surface area (Å²) in [5.41, 5.74) is 7.30. The van der Waals surface area contributed by atoms with Crippen molar-refractivity contribution in [2.45, 2.75) is 263 Å². The van der Waals surface area contributed by atoms with Gasteiger partial charge in [0.2, 0.25) is 15.0 Å². The molecule has 804 valence electrons. The number of aromatic nitrogens is 15. The number of rotatable bonds is 18. The van der Waals surface area contributed by atoms with Crippen molar-refractivity contribution in [2.24, 2.45) is 27.9 Å². The first-order valence-electron chi connectivity index (χ1n) is 48.4. The van der Waals surface area contributed by atoms with Crippen LogP contribution in [0.2, 0.25) is 0 Å². The van der Waals surface area contributed by atoms with Crippen molar-refractivity contribution < 1.29 is 108 Å². The number of nitrogens with one attached hydrogen (secondary N) is 5. The lowest BCUT2D eigenvalue weighted by atomic mass is 9.56. The summed E-state index contributed by atoms with van der Waals surface area (Å²) in [4.78, 5) is 119. The second-order valence-corrected chi connectivity index (χ2v) is 47.9. The molecule has 3 spiro atoms. The number of amides is 4. The number of aromatic amines is 3. The molecule has 12 aromatic rings. The Hall–Kier alpha value is -13.4. The summed E-state index contributed by atoms with van der Waals surface area (Å²) in [7, 11) is -2.37. The number of ether oxygens (including phenoxy) is 9. The molecule has 11 N–H and O–H groups in total. The summed E-state index contributed by atoms with van der Waals surface area (Å²) in [6, 6.07) is 8.90. The van der Waals surface area contributed by atoms with Gasteiger partial charge in [-0.05, 0) is 170 Å². The van der Waals surface area contributed by atoms with Crippen LogP contribution < -0.4 is 64.6 Å². The highest BCUT2D eigenvalue weighted by Crippen LogP contribution is 2.56. The van der Waals surface area contributed by atoms with Gasteiger partial charge in [0.05, 0.1) is 105 Å². The molecule has 1 unspecified atom stereocenters. The third kappa shape index (κ3) is 24.2. The predicted molar refractivity (Wildman–Crippen MR) is 553 cm³/mol. The van der Waals surface area contributed by atoms with Crippen LogP contribution >= 0.6 is 0 Å². The first-order chi connectivity index (χ1) is 68.9. The second kappa shape index (κ2) is 41.5. The third-order valence-electron chi connectivity index (χ3n) is 27.3. The quantitative estimate of drug-likeness (QED) is 0.0165. The van der Waals surface area contributed by atoms with Gasteiger partial charge in [-0.3, -0.25) is 18.9 Å². The van der Waals surface area contributed by atoms with Crippen LogP contribution in [0.5, 0.6) is 47.3 Å². The Balaban J connectivity index is 0.000000148. The van der Waals surface area contributed by atoms with Gasteiger partial charge in [-0.2, -0.15) is 49.8 Å². The Bertz CT molecular complexity index is 6990. The van der Waals surface area contributed by atoms with Crippen LogP contribution in [0.3, 0.4) is 0 Å². The highest BCUT2D eigenvalue weighted by molar-refractivity contribution is 7.99. The normalized spacial score (nSPS) is 21.3. The van der Waals surface area contributed by atoms with Crippen molar-refractivity contribution in [3.63, 3.8) is 0 Å². The number of nitrogens with zero attached hydrogens (tertiary/aromatic N) is 17. The van der Waals surface area contributed by atoms with Crippen LogP contribution in [0.15, 0.2) is 83.8 Å². The maximum atomic E-state index is 15.1.